The number of phosphoric acid groups is 1. The van der Waals surface area contributed by atoms with Gasteiger partial charge >= 0.3 is 7.82 Å². The number of unbranched alkanes of at least 4 members (excludes halogenated alkanes) is 42. The Morgan fingerprint density at radius 3 is 1.02 bits per heavy atom. The van der Waals surface area contributed by atoms with Crippen molar-refractivity contribution in [2.75, 3.05) is 19.8 Å². The molecule has 5 N–H and O–H groups in total. The minimum atomic E-state index is -4.31. The molecule has 0 aliphatic carbocycles. The third-order valence-corrected chi connectivity index (χ3v) is 14.2. The Morgan fingerprint density at radius 2 is 0.730 bits per heavy atom. The van der Waals surface area contributed by atoms with Crippen molar-refractivity contribution in [3.8, 4) is 0 Å². The molecule has 63 heavy (non-hydrogen) atoms. The average molecular weight is 915 g/mol. The zero-order valence-corrected chi connectivity index (χ0v) is 43.2. The van der Waals surface area contributed by atoms with Crippen LogP contribution in [0.15, 0.2) is 0 Å². The number of nitrogens with one attached hydrogen (secondary N) is 1. The molecule has 8 nitrogen and oxygen atoms in total. The predicted octanol–water partition coefficient (Wildman–Crippen LogP) is 16.9. The first kappa shape index (κ1) is 62.5. The number of carbonyl (C=O) groups is 1. The molecule has 1 amide bonds. The maximum Gasteiger partial charge on any atom is 0.472 e. The number of phosphoric ester groups is 1. The second-order valence-electron chi connectivity index (χ2n) is 19.5. The van der Waals surface area contributed by atoms with Crippen LogP contribution in [-0.2, 0) is 18.4 Å². The van der Waals surface area contributed by atoms with Gasteiger partial charge in [0.2, 0.25) is 5.91 Å². The van der Waals surface area contributed by atoms with Crippen molar-refractivity contribution < 1.29 is 28.4 Å². The van der Waals surface area contributed by atoms with Crippen LogP contribution in [0.3, 0.4) is 0 Å². The number of aliphatic hydroxyl groups is 1. The number of aliphatic hydroxyl groups excluding tert-OH is 1. The average Bonchev–Trinajstić information content (AvgIpc) is 3.27. The van der Waals surface area contributed by atoms with Gasteiger partial charge < -0.3 is 21.1 Å². The number of nitrogens with two attached hydrogens (primary N) is 1. The maximum absolute atomic E-state index is 12.8. The summed E-state index contributed by atoms with van der Waals surface area (Å²) in [6.07, 6.45) is 58.7. The highest BCUT2D eigenvalue weighted by Crippen LogP contribution is 2.43. The summed E-state index contributed by atoms with van der Waals surface area (Å²) in [5.41, 5.74) is 5.40. The molecule has 0 saturated carbocycles. The van der Waals surface area contributed by atoms with Gasteiger partial charge in [0.25, 0.3) is 0 Å². The number of hydrogen-bond acceptors (Lipinski definition) is 6. The lowest BCUT2D eigenvalue weighted by atomic mass is 10.0. The quantitative estimate of drug-likeness (QED) is 0.0353. The second-order valence-corrected chi connectivity index (χ2v) is 21.0. The Balaban J connectivity index is 3.80. The molecule has 0 spiro atoms. The highest BCUT2D eigenvalue weighted by molar-refractivity contribution is 7.47. The molecule has 0 bridgehead atoms. The van der Waals surface area contributed by atoms with E-state index in [1.165, 1.54) is 244 Å². The molecule has 1 unspecified atom stereocenters. The van der Waals surface area contributed by atoms with E-state index in [1.54, 1.807) is 0 Å². The Morgan fingerprint density at radius 1 is 0.460 bits per heavy atom. The van der Waals surface area contributed by atoms with Crippen molar-refractivity contribution >= 4 is 13.7 Å². The summed E-state index contributed by atoms with van der Waals surface area (Å²) >= 11 is 0. The van der Waals surface area contributed by atoms with Gasteiger partial charge in [-0.2, -0.15) is 0 Å². The van der Waals surface area contributed by atoms with E-state index in [0.717, 1.165) is 38.5 Å². The summed E-state index contributed by atoms with van der Waals surface area (Å²) in [7, 11) is -4.31. The van der Waals surface area contributed by atoms with E-state index in [0.29, 0.717) is 12.8 Å². The third kappa shape index (κ3) is 49.2. The summed E-state index contributed by atoms with van der Waals surface area (Å²) in [6.45, 7) is 4.26. The second kappa shape index (κ2) is 50.9. The number of carbonyl (C=O) groups excluding carboxylic acids is 1. The van der Waals surface area contributed by atoms with Gasteiger partial charge in [-0.1, -0.05) is 290 Å². The van der Waals surface area contributed by atoms with Crippen molar-refractivity contribution in [3.63, 3.8) is 0 Å². The molecule has 0 saturated heterocycles. The standard InChI is InChI=1S/C54H111N2O6P/c1-3-5-7-9-11-13-15-17-18-19-20-21-22-23-24-25-26-27-28-29-30-31-32-33-34-36-38-40-42-44-46-48-54(58)56-52(51-62-63(59,60)61-50-49-55)53(57)47-45-43-41-39-37-35-16-14-12-10-8-6-4-2/h52-53,57H,3-51,55H2,1-2H3,(H,56,58)(H,59,60)/t52-,53+/m0/s1. The molecule has 9 heteroatoms. The molecule has 0 aliphatic rings. The predicted molar refractivity (Wildman–Crippen MR) is 272 cm³/mol. The van der Waals surface area contributed by atoms with E-state index in [9.17, 15) is 19.4 Å². The molecule has 0 aromatic rings. The van der Waals surface area contributed by atoms with E-state index < -0.39 is 20.0 Å². The normalized spacial score (nSPS) is 13.7. The maximum atomic E-state index is 12.8. The van der Waals surface area contributed by atoms with Crippen molar-refractivity contribution in [3.05, 3.63) is 0 Å². The first-order valence-electron chi connectivity index (χ1n) is 28.2. The molecule has 0 heterocycles. The Hall–Kier alpha value is -0.500. The lowest BCUT2D eigenvalue weighted by Gasteiger charge is -2.25. The SMILES string of the molecule is CCCCCCCCCCCCCCCCCCCCCCCCCCCCCCCCCC(=O)N[C@@H](COP(=O)(O)OCCN)[C@H](O)CCCCCCCCCCCCCCC. The summed E-state index contributed by atoms with van der Waals surface area (Å²) in [4.78, 5) is 22.8. The first-order chi connectivity index (χ1) is 30.9. The zero-order valence-electron chi connectivity index (χ0n) is 42.4. The van der Waals surface area contributed by atoms with Crippen molar-refractivity contribution in [1.82, 2.24) is 5.32 Å². The Labute approximate surface area is 392 Å². The van der Waals surface area contributed by atoms with E-state index in [1.807, 2.05) is 0 Å². The molecule has 0 rings (SSSR count). The van der Waals surface area contributed by atoms with Crippen molar-refractivity contribution in [2.45, 2.75) is 321 Å². The fourth-order valence-corrected chi connectivity index (χ4v) is 9.73. The summed E-state index contributed by atoms with van der Waals surface area (Å²) in [5, 5.41) is 13.9. The zero-order chi connectivity index (χ0) is 46.0. The Bertz CT molecular complexity index is 957. The van der Waals surface area contributed by atoms with Crippen LogP contribution in [0.5, 0.6) is 0 Å². The lowest BCUT2D eigenvalue weighted by molar-refractivity contribution is -0.123. The van der Waals surface area contributed by atoms with Gasteiger partial charge in [-0.15, -0.1) is 0 Å². The van der Waals surface area contributed by atoms with Crippen molar-refractivity contribution in [2.24, 2.45) is 5.73 Å². The van der Waals surface area contributed by atoms with Gasteiger partial charge in [-0.25, -0.2) is 4.57 Å². The molecule has 378 valence electrons. The highest BCUT2D eigenvalue weighted by atomic mass is 31.2. The minimum Gasteiger partial charge on any atom is -0.391 e. The Kier molecular flexibility index (Phi) is 50.5. The summed E-state index contributed by atoms with van der Waals surface area (Å²) in [5.74, 6) is -0.154. The van der Waals surface area contributed by atoms with Crippen LogP contribution in [0.1, 0.15) is 309 Å². The van der Waals surface area contributed by atoms with Crippen LogP contribution in [0, 0.1) is 0 Å². The molecule has 0 radical (unpaired) electrons. The third-order valence-electron chi connectivity index (χ3n) is 13.2. The number of hydrogen-bond donors (Lipinski definition) is 4. The smallest absolute Gasteiger partial charge is 0.391 e. The van der Waals surface area contributed by atoms with Crippen LogP contribution < -0.4 is 11.1 Å². The van der Waals surface area contributed by atoms with Gasteiger partial charge in [0.15, 0.2) is 0 Å². The van der Waals surface area contributed by atoms with Crippen molar-refractivity contribution in [1.29, 1.82) is 0 Å². The monoisotopic (exact) mass is 915 g/mol. The number of amides is 1. The van der Waals surface area contributed by atoms with Crippen LogP contribution in [0.4, 0.5) is 0 Å². The molecular weight excluding hydrogens is 804 g/mol. The van der Waals surface area contributed by atoms with Gasteiger partial charge in [0.05, 0.1) is 25.4 Å². The molecule has 3 atom stereocenters. The van der Waals surface area contributed by atoms with Gasteiger partial charge in [0.1, 0.15) is 0 Å². The fourth-order valence-electron chi connectivity index (χ4n) is 8.97. The van der Waals surface area contributed by atoms with Crippen LogP contribution in [0.25, 0.3) is 0 Å². The fraction of sp³-hybridized carbons (Fsp3) is 0.981. The molecule has 0 fully saturated rings. The molecule has 0 aromatic heterocycles. The van der Waals surface area contributed by atoms with E-state index >= 15 is 0 Å². The first-order valence-corrected chi connectivity index (χ1v) is 29.6. The summed E-state index contributed by atoms with van der Waals surface area (Å²) < 4.78 is 22.3. The van der Waals surface area contributed by atoms with Gasteiger partial charge in [0, 0.05) is 13.0 Å². The topological polar surface area (TPSA) is 131 Å². The van der Waals surface area contributed by atoms with E-state index in [-0.39, 0.29) is 25.7 Å². The minimum absolute atomic E-state index is 0.0927. The number of rotatable bonds is 54. The lowest BCUT2D eigenvalue weighted by Crippen LogP contribution is -2.46. The molecular formula is C54H111N2O6P. The van der Waals surface area contributed by atoms with E-state index in [2.05, 4.69) is 19.2 Å². The van der Waals surface area contributed by atoms with Gasteiger partial charge in [-0.05, 0) is 12.8 Å². The van der Waals surface area contributed by atoms with Crippen LogP contribution in [0.2, 0.25) is 0 Å². The largest absolute Gasteiger partial charge is 0.472 e. The summed E-state index contributed by atoms with van der Waals surface area (Å²) in [6, 6.07) is -0.768. The molecule has 0 aliphatic heterocycles. The highest BCUT2D eigenvalue weighted by Gasteiger charge is 2.27. The van der Waals surface area contributed by atoms with E-state index in [4.69, 9.17) is 14.8 Å². The van der Waals surface area contributed by atoms with Gasteiger partial charge in [-0.3, -0.25) is 13.8 Å². The van der Waals surface area contributed by atoms with Crippen LogP contribution in [-0.4, -0.2) is 47.8 Å². The molecule has 0 aromatic carbocycles. The van der Waals surface area contributed by atoms with Crippen LogP contribution >= 0.6 is 7.82 Å².